The zero-order valence-electron chi connectivity index (χ0n) is 10.9. The van der Waals surface area contributed by atoms with Crippen molar-refractivity contribution in [1.82, 2.24) is 10.2 Å². The Bertz CT molecular complexity index is 738. The summed E-state index contributed by atoms with van der Waals surface area (Å²) in [4.78, 5) is 0. The molecule has 1 heterocycles. The minimum Gasteiger partial charge on any atom is -0.281 e. The van der Waals surface area contributed by atoms with Gasteiger partial charge in [-0.2, -0.15) is 18.3 Å². The molecular formula is C12H12F3N3O2S. The number of aryl methyl sites for hydroxylation is 1. The van der Waals surface area contributed by atoms with Crippen molar-refractivity contribution < 1.29 is 21.6 Å². The Morgan fingerprint density at radius 1 is 1.29 bits per heavy atom. The molecule has 2 aromatic rings. The Morgan fingerprint density at radius 3 is 2.52 bits per heavy atom. The molecule has 2 rings (SSSR count). The Labute approximate surface area is 119 Å². The van der Waals surface area contributed by atoms with Crippen molar-refractivity contribution in [3.05, 3.63) is 47.3 Å². The van der Waals surface area contributed by atoms with Gasteiger partial charge in [0.05, 0.1) is 28.9 Å². The number of anilines is 1. The highest BCUT2D eigenvalue weighted by molar-refractivity contribution is 7.91. The molecule has 0 aliphatic rings. The van der Waals surface area contributed by atoms with E-state index in [2.05, 4.69) is 14.9 Å². The Kier molecular flexibility index (Phi) is 3.95. The van der Waals surface area contributed by atoms with Crippen LogP contribution in [0.5, 0.6) is 0 Å². The smallest absolute Gasteiger partial charge is 0.281 e. The summed E-state index contributed by atoms with van der Waals surface area (Å²) >= 11 is 0. The largest absolute Gasteiger partial charge is 0.416 e. The summed E-state index contributed by atoms with van der Waals surface area (Å²) in [5.74, 6) is -0.771. The van der Waals surface area contributed by atoms with Crippen molar-refractivity contribution in [1.29, 1.82) is 0 Å². The zero-order chi connectivity index (χ0) is 15.7. The van der Waals surface area contributed by atoms with Gasteiger partial charge in [0.15, 0.2) is 0 Å². The van der Waals surface area contributed by atoms with Crippen LogP contribution in [0.4, 0.5) is 18.9 Å². The van der Waals surface area contributed by atoms with Crippen molar-refractivity contribution >= 4 is 15.7 Å². The second-order valence-electron chi connectivity index (χ2n) is 4.42. The first-order valence-electron chi connectivity index (χ1n) is 5.84. The number of nitrogens with one attached hydrogen (secondary N) is 2. The van der Waals surface area contributed by atoms with Gasteiger partial charge >= 0.3 is 6.18 Å². The van der Waals surface area contributed by atoms with E-state index in [0.717, 1.165) is 12.1 Å². The fourth-order valence-corrected chi connectivity index (χ4v) is 3.06. The molecule has 0 amide bonds. The van der Waals surface area contributed by atoms with Gasteiger partial charge in [-0.1, -0.05) is 18.2 Å². The van der Waals surface area contributed by atoms with Crippen molar-refractivity contribution in [2.45, 2.75) is 18.9 Å². The van der Waals surface area contributed by atoms with Gasteiger partial charge in [0.25, 0.3) is 0 Å². The van der Waals surface area contributed by atoms with Gasteiger partial charge in [0, 0.05) is 0 Å². The number of halogens is 3. The quantitative estimate of drug-likeness (QED) is 0.910. The number of alkyl halides is 3. The first-order chi connectivity index (χ1) is 9.69. The maximum atomic E-state index is 12.8. The van der Waals surface area contributed by atoms with Crippen molar-refractivity contribution in [3.8, 4) is 0 Å². The Morgan fingerprint density at radius 2 is 1.95 bits per heavy atom. The van der Waals surface area contributed by atoms with Crippen LogP contribution < -0.4 is 4.72 Å². The van der Waals surface area contributed by atoms with Crippen LogP contribution in [0.25, 0.3) is 0 Å². The van der Waals surface area contributed by atoms with Gasteiger partial charge in [-0.25, -0.2) is 8.42 Å². The molecule has 1 aromatic heterocycles. The zero-order valence-corrected chi connectivity index (χ0v) is 11.7. The summed E-state index contributed by atoms with van der Waals surface area (Å²) in [5.41, 5.74) is -0.583. The predicted octanol–water partition coefficient (Wildman–Crippen LogP) is 2.68. The fraction of sp³-hybridized carbons (Fsp3) is 0.250. The van der Waals surface area contributed by atoms with Gasteiger partial charge in [-0.15, -0.1) is 0 Å². The van der Waals surface area contributed by atoms with E-state index in [1.165, 1.54) is 18.3 Å². The van der Waals surface area contributed by atoms with E-state index in [1.54, 1.807) is 6.92 Å². The van der Waals surface area contributed by atoms with Crippen molar-refractivity contribution in [2.24, 2.45) is 0 Å². The van der Waals surface area contributed by atoms with Crippen LogP contribution in [0.3, 0.4) is 0 Å². The summed E-state index contributed by atoms with van der Waals surface area (Å²) < 4.78 is 64.7. The predicted molar refractivity (Wildman–Crippen MR) is 71.0 cm³/mol. The molecule has 0 unspecified atom stereocenters. The molecule has 0 saturated heterocycles. The molecule has 0 fully saturated rings. The van der Waals surface area contributed by atoms with Crippen LogP contribution in [0, 0.1) is 6.92 Å². The van der Waals surface area contributed by atoms with E-state index in [-0.39, 0.29) is 11.3 Å². The second kappa shape index (κ2) is 5.40. The number of hydrogen-bond acceptors (Lipinski definition) is 3. The van der Waals surface area contributed by atoms with Gasteiger partial charge in [0.2, 0.25) is 10.0 Å². The van der Waals surface area contributed by atoms with E-state index in [0.29, 0.717) is 5.69 Å². The number of benzene rings is 1. The third-order valence-corrected chi connectivity index (χ3v) is 3.99. The summed E-state index contributed by atoms with van der Waals surface area (Å²) in [6.07, 6.45) is -3.35. The van der Waals surface area contributed by atoms with Gasteiger partial charge < -0.3 is 0 Å². The second-order valence-corrected chi connectivity index (χ2v) is 6.15. The molecule has 0 atom stereocenters. The van der Waals surface area contributed by atoms with Crippen molar-refractivity contribution in [2.75, 3.05) is 4.72 Å². The van der Waals surface area contributed by atoms with Crippen LogP contribution in [0.15, 0.2) is 30.5 Å². The third-order valence-electron chi connectivity index (χ3n) is 2.76. The van der Waals surface area contributed by atoms with Crippen molar-refractivity contribution in [3.63, 3.8) is 0 Å². The molecule has 1 aromatic carbocycles. The number of rotatable bonds is 4. The lowest BCUT2D eigenvalue weighted by Crippen LogP contribution is -2.18. The first kappa shape index (κ1) is 15.4. The molecule has 0 saturated carbocycles. The highest BCUT2D eigenvalue weighted by Gasteiger charge is 2.34. The number of sulfonamides is 1. The third kappa shape index (κ3) is 3.75. The summed E-state index contributed by atoms with van der Waals surface area (Å²) in [5, 5.41) is 6.17. The average molecular weight is 319 g/mol. The normalized spacial score (nSPS) is 12.4. The number of nitrogens with zero attached hydrogens (tertiary/aromatic N) is 1. The summed E-state index contributed by atoms with van der Waals surface area (Å²) in [6.45, 7) is 1.59. The van der Waals surface area contributed by atoms with Crippen LogP contribution in [0.1, 0.15) is 16.8 Å². The van der Waals surface area contributed by atoms with E-state index >= 15 is 0 Å². The van der Waals surface area contributed by atoms with E-state index < -0.39 is 27.5 Å². The van der Waals surface area contributed by atoms with Gasteiger partial charge in [0.1, 0.15) is 0 Å². The van der Waals surface area contributed by atoms with Crippen LogP contribution in [-0.4, -0.2) is 18.6 Å². The molecule has 21 heavy (non-hydrogen) atoms. The monoisotopic (exact) mass is 319 g/mol. The molecule has 2 N–H and O–H groups in total. The maximum absolute atomic E-state index is 12.8. The number of hydrogen-bond donors (Lipinski definition) is 2. The number of H-pyrrole nitrogens is 1. The standard InChI is InChI=1S/C12H12F3N3O2S/c1-8-11(6-16-17-8)18-21(19,20)7-9-4-2-3-5-10(9)12(13,14)15/h2-6,18H,7H2,1H3,(H,16,17). The van der Waals surface area contributed by atoms with E-state index in [1.807, 2.05) is 0 Å². The lowest BCUT2D eigenvalue weighted by molar-refractivity contribution is -0.138. The Hall–Kier alpha value is -2.03. The number of aromatic nitrogens is 2. The molecule has 114 valence electrons. The first-order valence-corrected chi connectivity index (χ1v) is 7.50. The maximum Gasteiger partial charge on any atom is 0.416 e. The number of aromatic amines is 1. The van der Waals surface area contributed by atoms with Crippen LogP contribution >= 0.6 is 0 Å². The van der Waals surface area contributed by atoms with E-state index in [4.69, 9.17) is 0 Å². The molecule has 5 nitrogen and oxygen atoms in total. The molecule has 9 heteroatoms. The summed E-state index contributed by atoms with van der Waals surface area (Å²) in [6, 6.07) is 4.58. The lowest BCUT2D eigenvalue weighted by atomic mass is 10.1. The van der Waals surface area contributed by atoms with E-state index in [9.17, 15) is 21.6 Å². The van der Waals surface area contributed by atoms with Crippen LogP contribution in [-0.2, 0) is 22.0 Å². The highest BCUT2D eigenvalue weighted by Crippen LogP contribution is 2.32. The Balaban J connectivity index is 2.28. The molecule has 0 spiro atoms. The topological polar surface area (TPSA) is 74.8 Å². The SMILES string of the molecule is Cc1[nH]ncc1NS(=O)(=O)Cc1ccccc1C(F)(F)F. The molecule has 0 radical (unpaired) electrons. The van der Waals surface area contributed by atoms with Gasteiger partial charge in [-0.3, -0.25) is 9.82 Å². The summed E-state index contributed by atoms with van der Waals surface area (Å²) in [7, 11) is -3.97. The highest BCUT2D eigenvalue weighted by atomic mass is 32.2. The molecule has 0 aliphatic carbocycles. The molecule has 0 aliphatic heterocycles. The molecule has 0 bridgehead atoms. The van der Waals surface area contributed by atoms with Crippen LogP contribution in [0.2, 0.25) is 0 Å². The molecular weight excluding hydrogens is 307 g/mol. The van der Waals surface area contributed by atoms with Gasteiger partial charge in [-0.05, 0) is 18.6 Å². The minimum atomic E-state index is -4.60. The minimum absolute atomic E-state index is 0.208. The lowest BCUT2D eigenvalue weighted by Gasteiger charge is -2.13. The average Bonchev–Trinajstić information content (AvgIpc) is 2.73. The fourth-order valence-electron chi connectivity index (χ4n) is 1.78.